The number of likely N-dealkylation sites (tertiary alicyclic amines) is 1. The third-order valence-electron chi connectivity index (χ3n) is 5.31. The number of hydrogen-bond donors (Lipinski definition) is 1. The van der Waals surface area contributed by atoms with Crippen molar-refractivity contribution in [2.45, 2.75) is 31.1 Å². The van der Waals surface area contributed by atoms with Crippen molar-refractivity contribution >= 4 is 40.6 Å². The Kier molecular flexibility index (Phi) is 7.58. The highest BCUT2D eigenvalue weighted by molar-refractivity contribution is 7.99. The summed E-state index contributed by atoms with van der Waals surface area (Å²) in [5.74, 6) is 0.596. The molecule has 4 rings (SSSR count). The van der Waals surface area contributed by atoms with E-state index < -0.39 is 4.92 Å². The van der Waals surface area contributed by atoms with E-state index in [1.54, 1.807) is 0 Å². The summed E-state index contributed by atoms with van der Waals surface area (Å²) in [6.07, 6.45) is 2.38. The molecule has 3 aromatic rings. The van der Waals surface area contributed by atoms with Crippen LogP contribution in [-0.2, 0) is 17.9 Å². The van der Waals surface area contributed by atoms with E-state index in [1.807, 2.05) is 34.9 Å². The summed E-state index contributed by atoms with van der Waals surface area (Å²) in [5.41, 5.74) is 1.18. The summed E-state index contributed by atoms with van der Waals surface area (Å²) in [6.45, 7) is 3.42. The molecule has 1 saturated heterocycles. The largest absolute Gasteiger partial charge is 0.324 e. The molecule has 0 bridgehead atoms. The molecule has 11 heteroatoms. The number of non-ortho nitro benzene ring substituents is 1. The predicted octanol–water partition coefficient (Wildman–Crippen LogP) is 4.21. The Morgan fingerprint density at radius 3 is 2.61 bits per heavy atom. The van der Waals surface area contributed by atoms with Crippen LogP contribution in [0.15, 0.2) is 53.7 Å². The lowest BCUT2D eigenvalue weighted by Gasteiger charge is -2.16. The highest BCUT2D eigenvalue weighted by atomic mass is 35.5. The third-order valence-corrected chi connectivity index (χ3v) is 6.60. The first-order valence-electron chi connectivity index (χ1n) is 10.5. The zero-order chi connectivity index (χ0) is 23.2. The van der Waals surface area contributed by atoms with Crippen molar-refractivity contribution in [1.29, 1.82) is 0 Å². The van der Waals surface area contributed by atoms with Gasteiger partial charge in [0.05, 0.1) is 34.5 Å². The molecule has 0 spiro atoms. The number of thioether (sulfide) groups is 1. The van der Waals surface area contributed by atoms with Crippen LogP contribution in [0.4, 0.5) is 11.4 Å². The fourth-order valence-electron chi connectivity index (χ4n) is 3.65. The first-order valence-corrected chi connectivity index (χ1v) is 11.9. The molecule has 1 aromatic heterocycles. The summed E-state index contributed by atoms with van der Waals surface area (Å²) in [7, 11) is 0. The van der Waals surface area contributed by atoms with Gasteiger partial charge in [0.1, 0.15) is 5.82 Å². The average Bonchev–Trinajstić information content (AvgIpc) is 3.45. The van der Waals surface area contributed by atoms with E-state index in [-0.39, 0.29) is 28.1 Å². The molecule has 1 fully saturated rings. The molecule has 0 radical (unpaired) electrons. The molecule has 0 atom stereocenters. The van der Waals surface area contributed by atoms with E-state index in [0.717, 1.165) is 31.0 Å². The molecule has 172 valence electrons. The van der Waals surface area contributed by atoms with Gasteiger partial charge in [-0.15, -0.1) is 10.2 Å². The van der Waals surface area contributed by atoms with Crippen LogP contribution in [0.1, 0.15) is 24.2 Å². The number of amides is 1. The Morgan fingerprint density at radius 1 is 1.12 bits per heavy atom. The number of nitro groups is 1. The molecule has 9 nitrogen and oxygen atoms in total. The van der Waals surface area contributed by atoms with Gasteiger partial charge in [0.2, 0.25) is 5.91 Å². The monoisotopic (exact) mass is 486 g/mol. The molecular formula is C22H23ClN6O3S. The number of rotatable bonds is 9. The van der Waals surface area contributed by atoms with Crippen LogP contribution < -0.4 is 5.32 Å². The zero-order valence-corrected chi connectivity index (χ0v) is 19.4. The van der Waals surface area contributed by atoms with Crippen molar-refractivity contribution in [2.75, 3.05) is 24.2 Å². The van der Waals surface area contributed by atoms with Crippen molar-refractivity contribution in [1.82, 2.24) is 19.7 Å². The smallest absolute Gasteiger partial charge is 0.271 e. The van der Waals surface area contributed by atoms with Gasteiger partial charge in [0, 0.05) is 12.1 Å². The lowest BCUT2D eigenvalue weighted by atomic mass is 10.2. The molecular weight excluding hydrogens is 464 g/mol. The van der Waals surface area contributed by atoms with Crippen LogP contribution in [-0.4, -0.2) is 49.3 Å². The maximum atomic E-state index is 12.5. The second kappa shape index (κ2) is 10.8. The summed E-state index contributed by atoms with van der Waals surface area (Å²) < 4.78 is 2.05. The van der Waals surface area contributed by atoms with Gasteiger partial charge in [0.15, 0.2) is 5.16 Å². The summed E-state index contributed by atoms with van der Waals surface area (Å²) in [6, 6.07) is 14.0. The van der Waals surface area contributed by atoms with Gasteiger partial charge in [-0.3, -0.25) is 19.8 Å². The number of halogens is 1. The molecule has 1 aliphatic rings. The minimum absolute atomic E-state index is 0.0651. The third kappa shape index (κ3) is 6.10. The first-order chi connectivity index (χ1) is 16.0. The highest BCUT2D eigenvalue weighted by Gasteiger charge is 2.20. The standard InChI is InChI=1S/C22H23ClN6O3S/c23-18-9-8-17(29(31)32)12-19(18)24-21(30)15-33-22-26-25-20(14-27-10-4-5-11-27)28(22)13-16-6-2-1-3-7-16/h1-3,6-9,12H,4-5,10-11,13-15H2,(H,24,30). The Hall–Kier alpha value is -2.95. The Bertz CT molecular complexity index is 1130. The predicted molar refractivity (Wildman–Crippen MR) is 128 cm³/mol. The van der Waals surface area contributed by atoms with Gasteiger partial charge in [0.25, 0.3) is 5.69 Å². The van der Waals surface area contributed by atoms with Crippen LogP contribution >= 0.6 is 23.4 Å². The molecule has 0 aliphatic carbocycles. The van der Waals surface area contributed by atoms with Gasteiger partial charge in [-0.05, 0) is 37.6 Å². The van der Waals surface area contributed by atoms with E-state index in [0.29, 0.717) is 11.7 Å². The van der Waals surface area contributed by atoms with E-state index in [9.17, 15) is 14.9 Å². The van der Waals surface area contributed by atoms with Gasteiger partial charge in [-0.2, -0.15) is 0 Å². The van der Waals surface area contributed by atoms with Crippen LogP contribution in [0.2, 0.25) is 5.02 Å². The molecule has 0 saturated carbocycles. The van der Waals surface area contributed by atoms with Gasteiger partial charge in [-0.1, -0.05) is 53.7 Å². The van der Waals surface area contributed by atoms with Crippen LogP contribution in [0, 0.1) is 10.1 Å². The van der Waals surface area contributed by atoms with Crippen LogP contribution in [0.25, 0.3) is 0 Å². The summed E-state index contributed by atoms with van der Waals surface area (Å²) in [4.78, 5) is 25.4. The lowest BCUT2D eigenvalue weighted by molar-refractivity contribution is -0.384. The average molecular weight is 487 g/mol. The number of anilines is 1. The molecule has 2 aromatic carbocycles. The summed E-state index contributed by atoms with van der Waals surface area (Å²) in [5, 5.41) is 23.3. The first kappa shape index (κ1) is 23.2. The lowest BCUT2D eigenvalue weighted by Crippen LogP contribution is -2.22. The maximum Gasteiger partial charge on any atom is 0.271 e. The number of hydrogen-bond acceptors (Lipinski definition) is 7. The van der Waals surface area contributed by atoms with Crippen molar-refractivity contribution in [3.05, 3.63) is 75.1 Å². The molecule has 0 unspecified atom stereocenters. The van der Waals surface area contributed by atoms with Crippen LogP contribution in [0.5, 0.6) is 0 Å². The van der Waals surface area contributed by atoms with E-state index >= 15 is 0 Å². The fraction of sp³-hybridized carbons (Fsp3) is 0.318. The molecule has 33 heavy (non-hydrogen) atoms. The number of benzene rings is 2. The number of aromatic nitrogens is 3. The van der Waals surface area contributed by atoms with Crippen molar-refractivity contribution in [2.24, 2.45) is 0 Å². The Morgan fingerprint density at radius 2 is 1.88 bits per heavy atom. The van der Waals surface area contributed by atoms with Gasteiger partial charge >= 0.3 is 0 Å². The van der Waals surface area contributed by atoms with Crippen molar-refractivity contribution < 1.29 is 9.72 Å². The minimum Gasteiger partial charge on any atom is -0.324 e. The molecule has 1 N–H and O–H groups in total. The van der Waals surface area contributed by atoms with E-state index in [4.69, 9.17) is 11.6 Å². The number of carbonyl (C=O) groups is 1. The van der Waals surface area contributed by atoms with Crippen LogP contribution in [0.3, 0.4) is 0 Å². The second-order valence-electron chi connectivity index (χ2n) is 7.71. The number of nitrogens with one attached hydrogen (secondary N) is 1. The maximum absolute atomic E-state index is 12.5. The van der Waals surface area contributed by atoms with E-state index in [1.165, 1.54) is 42.8 Å². The highest BCUT2D eigenvalue weighted by Crippen LogP contribution is 2.27. The summed E-state index contributed by atoms with van der Waals surface area (Å²) >= 11 is 7.36. The zero-order valence-electron chi connectivity index (χ0n) is 17.8. The Labute approximate surface area is 200 Å². The quantitative estimate of drug-likeness (QED) is 0.274. The number of nitrogens with zero attached hydrogens (tertiary/aromatic N) is 5. The van der Waals surface area contributed by atoms with Gasteiger partial charge < -0.3 is 9.88 Å². The minimum atomic E-state index is -0.533. The molecule has 1 amide bonds. The molecule has 2 heterocycles. The number of carbonyl (C=O) groups excluding carboxylic acids is 1. The van der Waals surface area contributed by atoms with Crippen molar-refractivity contribution in [3.8, 4) is 0 Å². The molecule has 1 aliphatic heterocycles. The fourth-order valence-corrected chi connectivity index (χ4v) is 4.57. The van der Waals surface area contributed by atoms with Gasteiger partial charge in [-0.25, -0.2) is 0 Å². The second-order valence-corrected chi connectivity index (χ2v) is 9.06. The normalized spacial score (nSPS) is 13.8. The van der Waals surface area contributed by atoms with E-state index in [2.05, 4.69) is 20.4 Å². The SMILES string of the molecule is O=C(CSc1nnc(CN2CCCC2)n1Cc1ccccc1)Nc1cc([N+](=O)[O-])ccc1Cl. The van der Waals surface area contributed by atoms with Crippen molar-refractivity contribution in [3.63, 3.8) is 0 Å². The Balaban J connectivity index is 1.46. The number of nitro benzene ring substituents is 1. The topological polar surface area (TPSA) is 106 Å².